The fourth-order valence-corrected chi connectivity index (χ4v) is 1.70. The van der Waals surface area contributed by atoms with Crippen molar-refractivity contribution in [2.75, 3.05) is 6.54 Å². The molecule has 2 heterocycles. The lowest BCUT2D eigenvalue weighted by molar-refractivity contribution is 0.0951. The Balaban J connectivity index is 1.87. The van der Waals surface area contributed by atoms with Gasteiger partial charge in [-0.3, -0.25) is 14.5 Å². The zero-order chi connectivity index (χ0) is 13.0. The first kappa shape index (κ1) is 12.6. The molecule has 18 heavy (non-hydrogen) atoms. The molecule has 1 N–H and O–H groups in total. The zero-order valence-corrected chi connectivity index (χ0v) is 10.7. The zero-order valence-electron chi connectivity index (χ0n) is 9.93. The van der Waals surface area contributed by atoms with Crippen LogP contribution in [0.15, 0.2) is 30.9 Å². The lowest BCUT2D eigenvalue weighted by Crippen LogP contribution is -2.27. The van der Waals surface area contributed by atoms with Crippen molar-refractivity contribution in [2.45, 2.75) is 13.5 Å². The van der Waals surface area contributed by atoms with Crippen LogP contribution in [0.5, 0.6) is 0 Å². The molecule has 0 atom stereocenters. The number of carbonyl (C=O) groups is 1. The quantitative estimate of drug-likeness (QED) is 0.914. The molecule has 0 saturated heterocycles. The number of halogens is 1. The molecule has 0 spiro atoms. The van der Waals surface area contributed by atoms with Crippen LogP contribution in [0.4, 0.5) is 0 Å². The number of hydrogen-bond acceptors (Lipinski definition) is 3. The van der Waals surface area contributed by atoms with Gasteiger partial charge in [-0.15, -0.1) is 0 Å². The third-order valence-electron chi connectivity index (χ3n) is 2.40. The summed E-state index contributed by atoms with van der Waals surface area (Å²) >= 11 is 5.90. The minimum atomic E-state index is -0.225. The monoisotopic (exact) mass is 264 g/mol. The number of rotatable bonds is 4. The third kappa shape index (κ3) is 3.07. The van der Waals surface area contributed by atoms with Crippen LogP contribution >= 0.6 is 11.6 Å². The van der Waals surface area contributed by atoms with E-state index in [0.717, 1.165) is 5.56 Å². The van der Waals surface area contributed by atoms with Gasteiger partial charge in [0.15, 0.2) is 0 Å². The molecular formula is C12H13ClN4O. The predicted octanol–water partition coefficient (Wildman–Crippen LogP) is 1.67. The molecule has 0 aliphatic carbocycles. The van der Waals surface area contributed by atoms with Crippen molar-refractivity contribution in [3.8, 4) is 0 Å². The van der Waals surface area contributed by atoms with Gasteiger partial charge in [-0.2, -0.15) is 5.10 Å². The Bertz CT molecular complexity index is 553. The lowest BCUT2D eigenvalue weighted by atomic mass is 10.2. The summed E-state index contributed by atoms with van der Waals surface area (Å²) in [7, 11) is 0. The van der Waals surface area contributed by atoms with Crippen LogP contribution in [0.2, 0.25) is 5.02 Å². The van der Waals surface area contributed by atoms with Gasteiger partial charge in [-0.05, 0) is 18.6 Å². The molecule has 0 radical (unpaired) electrons. The number of amides is 1. The van der Waals surface area contributed by atoms with Crippen molar-refractivity contribution in [2.24, 2.45) is 0 Å². The fraction of sp³-hybridized carbons (Fsp3) is 0.250. The second-order valence-electron chi connectivity index (χ2n) is 3.89. The third-order valence-corrected chi connectivity index (χ3v) is 2.73. The van der Waals surface area contributed by atoms with Gasteiger partial charge in [-0.1, -0.05) is 11.6 Å². The molecule has 0 aliphatic rings. The number of carbonyl (C=O) groups excluding carboxylic acids is 1. The van der Waals surface area contributed by atoms with Crippen LogP contribution in [0.3, 0.4) is 0 Å². The number of aryl methyl sites for hydroxylation is 1. The first-order valence-electron chi connectivity index (χ1n) is 5.53. The minimum absolute atomic E-state index is 0.225. The van der Waals surface area contributed by atoms with Gasteiger partial charge in [-0.25, -0.2) is 0 Å². The fourth-order valence-electron chi connectivity index (χ4n) is 1.51. The second-order valence-corrected chi connectivity index (χ2v) is 4.30. The van der Waals surface area contributed by atoms with Crippen LogP contribution in [0, 0.1) is 6.92 Å². The first-order chi connectivity index (χ1) is 8.66. The predicted molar refractivity (Wildman–Crippen MR) is 68.5 cm³/mol. The Morgan fingerprint density at radius 2 is 2.33 bits per heavy atom. The summed E-state index contributed by atoms with van der Waals surface area (Å²) in [6.45, 7) is 3.08. The van der Waals surface area contributed by atoms with Crippen molar-refractivity contribution < 1.29 is 4.79 Å². The molecular weight excluding hydrogens is 252 g/mol. The van der Waals surface area contributed by atoms with Crippen LogP contribution in [-0.2, 0) is 6.54 Å². The number of pyridine rings is 1. The van der Waals surface area contributed by atoms with Crippen molar-refractivity contribution in [3.63, 3.8) is 0 Å². The highest BCUT2D eigenvalue weighted by atomic mass is 35.5. The van der Waals surface area contributed by atoms with E-state index in [-0.39, 0.29) is 5.91 Å². The van der Waals surface area contributed by atoms with Crippen LogP contribution in [-0.4, -0.2) is 27.2 Å². The summed E-state index contributed by atoms with van der Waals surface area (Å²) in [4.78, 5) is 15.7. The molecule has 2 rings (SSSR count). The number of hydrogen-bond donors (Lipinski definition) is 1. The molecule has 0 saturated carbocycles. The van der Waals surface area contributed by atoms with Gasteiger partial charge in [0.2, 0.25) is 0 Å². The minimum Gasteiger partial charge on any atom is -0.350 e. The van der Waals surface area contributed by atoms with E-state index in [2.05, 4.69) is 15.4 Å². The summed E-state index contributed by atoms with van der Waals surface area (Å²) in [5.41, 5.74) is 1.48. The van der Waals surface area contributed by atoms with Crippen molar-refractivity contribution in [1.29, 1.82) is 0 Å². The summed E-state index contributed by atoms with van der Waals surface area (Å²) in [5.74, 6) is -0.225. The molecule has 0 fully saturated rings. The maximum absolute atomic E-state index is 11.8. The highest BCUT2D eigenvalue weighted by Gasteiger charge is 2.09. The Morgan fingerprint density at radius 1 is 1.50 bits per heavy atom. The van der Waals surface area contributed by atoms with Crippen LogP contribution < -0.4 is 5.32 Å². The van der Waals surface area contributed by atoms with Gasteiger partial charge in [0, 0.05) is 25.1 Å². The van der Waals surface area contributed by atoms with Gasteiger partial charge < -0.3 is 5.32 Å². The van der Waals surface area contributed by atoms with Crippen molar-refractivity contribution >= 4 is 17.5 Å². The number of aromatic nitrogens is 3. The molecule has 2 aromatic rings. The summed E-state index contributed by atoms with van der Waals surface area (Å²) < 4.78 is 1.78. The molecule has 0 bridgehead atoms. The van der Waals surface area contributed by atoms with Gasteiger partial charge in [0.05, 0.1) is 23.3 Å². The normalized spacial score (nSPS) is 10.3. The van der Waals surface area contributed by atoms with E-state index in [0.29, 0.717) is 23.7 Å². The lowest BCUT2D eigenvalue weighted by Gasteiger charge is -2.06. The first-order valence-corrected chi connectivity index (χ1v) is 5.91. The van der Waals surface area contributed by atoms with E-state index in [9.17, 15) is 4.79 Å². The van der Waals surface area contributed by atoms with Crippen molar-refractivity contribution in [3.05, 3.63) is 47.0 Å². The molecule has 0 aliphatic heterocycles. The Kier molecular flexibility index (Phi) is 3.94. The maximum Gasteiger partial charge on any atom is 0.254 e. The maximum atomic E-state index is 11.8. The average Bonchev–Trinajstić information content (AvgIpc) is 2.75. The van der Waals surface area contributed by atoms with E-state index >= 15 is 0 Å². The molecule has 2 aromatic heterocycles. The van der Waals surface area contributed by atoms with E-state index in [4.69, 9.17) is 11.6 Å². The summed E-state index contributed by atoms with van der Waals surface area (Å²) in [5, 5.41) is 7.30. The summed E-state index contributed by atoms with van der Waals surface area (Å²) in [6.07, 6.45) is 6.70. The SMILES string of the molecule is Cc1cnn(CCNC(=O)c2cnccc2Cl)c1. The van der Waals surface area contributed by atoms with E-state index < -0.39 is 0 Å². The van der Waals surface area contributed by atoms with E-state index in [1.54, 1.807) is 23.1 Å². The Morgan fingerprint density at radius 3 is 3.00 bits per heavy atom. The summed E-state index contributed by atoms with van der Waals surface area (Å²) in [6, 6.07) is 1.59. The second kappa shape index (κ2) is 5.64. The van der Waals surface area contributed by atoms with Gasteiger partial charge in [0.25, 0.3) is 5.91 Å². The largest absolute Gasteiger partial charge is 0.350 e. The highest BCUT2D eigenvalue weighted by molar-refractivity contribution is 6.33. The molecule has 0 aromatic carbocycles. The molecule has 6 heteroatoms. The Labute approximate surface area is 110 Å². The van der Waals surface area contributed by atoms with Crippen molar-refractivity contribution in [1.82, 2.24) is 20.1 Å². The molecule has 94 valence electrons. The smallest absolute Gasteiger partial charge is 0.254 e. The highest BCUT2D eigenvalue weighted by Crippen LogP contribution is 2.12. The Hall–Kier alpha value is -1.88. The van der Waals surface area contributed by atoms with E-state index in [1.807, 2.05) is 13.1 Å². The average molecular weight is 265 g/mol. The molecule has 5 nitrogen and oxygen atoms in total. The van der Waals surface area contributed by atoms with E-state index in [1.165, 1.54) is 6.20 Å². The van der Waals surface area contributed by atoms with Gasteiger partial charge >= 0.3 is 0 Å². The topological polar surface area (TPSA) is 59.8 Å². The molecule has 0 unspecified atom stereocenters. The number of nitrogens with one attached hydrogen (secondary N) is 1. The van der Waals surface area contributed by atoms with Crippen LogP contribution in [0.1, 0.15) is 15.9 Å². The van der Waals surface area contributed by atoms with Gasteiger partial charge in [0.1, 0.15) is 0 Å². The number of nitrogens with zero attached hydrogens (tertiary/aromatic N) is 3. The van der Waals surface area contributed by atoms with Crippen LogP contribution in [0.25, 0.3) is 0 Å². The molecule has 1 amide bonds. The standard InChI is InChI=1S/C12H13ClN4O/c1-9-6-16-17(8-9)5-4-15-12(18)10-7-14-3-2-11(10)13/h2-3,6-8H,4-5H2,1H3,(H,15,18).